The van der Waals surface area contributed by atoms with Crippen molar-refractivity contribution in [1.82, 2.24) is 0 Å². The van der Waals surface area contributed by atoms with E-state index in [1.807, 2.05) is 0 Å². The number of hydrogen-bond donors (Lipinski definition) is 1. The third-order valence-electron chi connectivity index (χ3n) is 1.60. The van der Waals surface area contributed by atoms with Crippen LogP contribution < -0.4 is 4.74 Å². The summed E-state index contributed by atoms with van der Waals surface area (Å²) in [6, 6.07) is 1.61. The highest BCUT2D eigenvalue weighted by Gasteiger charge is 2.34. The van der Waals surface area contributed by atoms with E-state index in [0.29, 0.717) is 18.2 Å². The van der Waals surface area contributed by atoms with E-state index in [-0.39, 0.29) is 0 Å². The van der Waals surface area contributed by atoms with Crippen LogP contribution in [-0.4, -0.2) is 17.7 Å². The van der Waals surface area contributed by atoms with E-state index in [0.717, 1.165) is 0 Å². The number of aliphatic carboxylic acids is 1. The van der Waals surface area contributed by atoms with Crippen molar-refractivity contribution in [2.45, 2.75) is 6.18 Å². The van der Waals surface area contributed by atoms with Gasteiger partial charge in [-0.05, 0) is 12.1 Å². The van der Waals surface area contributed by atoms with Gasteiger partial charge in [0, 0.05) is 6.07 Å². The lowest BCUT2D eigenvalue weighted by Gasteiger charge is -2.12. The Labute approximate surface area is 87.3 Å². The maximum absolute atomic E-state index is 12.7. The molecule has 0 radical (unpaired) electrons. The lowest BCUT2D eigenvalue weighted by Crippen LogP contribution is -2.14. The Kier molecular flexibility index (Phi) is 3.36. The fraction of sp³-hybridized carbons (Fsp3) is 0.222. The van der Waals surface area contributed by atoms with Gasteiger partial charge in [-0.25, -0.2) is 9.18 Å². The minimum absolute atomic E-state index is 0.492. The third kappa shape index (κ3) is 3.11. The van der Waals surface area contributed by atoms with E-state index in [1.54, 1.807) is 0 Å². The van der Waals surface area contributed by atoms with Crippen LogP contribution in [0.3, 0.4) is 0 Å². The summed E-state index contributed by atoms with van der Waals surface area (Å²) in [5.41, 5.74) is -1.21. The van der Waals surface area contributed by atoms with Gasteiger partial charge in [0.1, 0.15) is 11.6 Å². The van der Waals surface area contributed by atoms with Gasteiger partial charge in [0.15, 0.2) is 6.61 Å². The second-order valence-corrected chi connectivity index (χ2v) is 2.82. The van der Waals surface area contributed by atoms with Crippen LogP contribution in [0.5, 0.6) is 5.75 Å². The molecule has 0 bridgehead atoms. The molecular weight excluding hydrogens is 232 g/mol. The van der Waals surface area contributed by atoms with Crippen molar-refractivity contribution in [2.75, 3.05) is 6.61 Å². The molecule has 1 aromatic rings. The summed E-state index contributed by atoms with van der Waals surface area (Å²) < 4.78 is 54.1. The van der Waals surface area contributed by atoms with Gasteiger partial charge < -0.3 is 9.84 Å². The predicted molar refractivity (Wildman–Crippen MR) is 44.5 cm³/mol. The van der Waals surface area contributed by atoms with E-state index in [4.69, 9.17) is 5.11 Å². The van der Waals surface area contributed by atoms with Crippen molar-refractivity contribution >= 4 is 5.97 Å². The van der Waals surface area contributed by atoms with E-state index >= 15 is 0 Å². The number of ether oxygens (including phenoxy) is 1. The molecule has 0 atom stereocenters. The normalized spacial score (nSPS) is 11.2. The maximum atomic E-state index is 12.7. The van der Waals surface area contributed by atoms with E-state index in [9.17, 15) is 22.4 Å². The van der Waals surface area contributed by atoms with Crippen LogP contribution in [0.2, 0.25) is 0 Å². The highest BCUT2D eigenvalue weighted by molar-refractivity contribution is 5.68. The summed E-state index contributed by atoms with van der Waals surface area (Å²) in [6.45, 7) is -0.966. The summed E-state index contributed by atoms with van der Waals surface area (Å²) >= 11 is 0. The highest BCUT2D eigenvalue weighted by Crippen LogP contribution is 2.36. The van der Waals surface area contributed by atoms with Crippen LogP contribution in [-0.2, 0) is 11.0 Å². The summed E-state index contributed by atoms with van der Waals surface area (Å²) in [7, 11) is 0. The van der Waals surface area contributed by atoms with Gasteiger partial charge in [-0.2, -0.15) is 13.2 Å². The topological polar surface area (TPSA) is 46.5 Å². The van der Waals surface area contributed by atoms with Crippen molar-refractivity contribution in [3.8, 4) is 5.75 Å². The van der Waals surface area contributed by atoms with Gasteiger partial charge in [-0.3, -0.25) is 0 Å². The van der Waals surface area contributed by atoms with Crippen molar-refractivity contribution in [2.24, 2.45) is 0 Å². The Morgan fingerprint density at radius 2 is 2.00 bits per heavy atom. The quantitative estimate of drug-likeness (QED) is 0.822. The first kappa shape index (κ1) is 12.3. The monoisotopic (exact) mass is 238 g/mol. The largest absolute Gasteiger partial charge is 0.481 e. The molecule has 0 aliphatic heterocycles. The first-order valence-corrected chi connectivity index (χ1v) is 4.02. The van der Waals surface area contributed by atoms with Crippen molar-refractivity contribution in [1.29, 1.82) is 0 Å². The molecule has 88 valence electrons. The highest BCUT2D eigenvalue weighted by atomic mass is 19.4. The second-order valence-electron chi connectivity index (χ2n) is 2.82. The van der Waals surface area contributed by atoms with Gasteiger partial charge in [-0.15, -0.1) is 0 Å². The zero-order chi connectivity index (χ0) is 12.3. The Balaban J connectivity index is 3.04. The molecule has 0 aromatic heterocycles. The van der Waals surface area contributed by atoms with Gasteiger partial charge >= 0.3 is 12.1 Å². The SMILES string of the molecule is O=C(O)COc1cc(F)ccc1C(F)(F)F. The van der Waals surface area contributed by atoms with E-state index in [1.165, 1.54) is 0 Å². The van der Waals surface area contributed by atoms with E-state index in [2.05, 4.69) is 4.74 Å². The fourth-order valence-electron chi connectivity index (χ4n) is 0.989. The number of halogens is 4. The fourth-order valence-corrected chi connectivity index (χ4v) is 0.989. The summed E-state index contributed by atoms with van der Waals surface area (Å²) in [4.78, 5) is 10.1. The lowest BCUT2D eigenvalue weighted by molar-refractivity contribution is -0.143. The van der Waals surface area contributed by atoms with Crippen molar-refractivity contribution < 1.29 is 32.2 Å². The number of hydrogen-bond acceptors (Lipinski definition) is 2. The number of alkyl halides is 3. The molecule has 7 heteroatoms. The molecule has 0 fully saturated rings. The van der Waals surface area contributed by atoms with Crippen LogP contribution in [0.15, 0.2) is 18.2 Å². The minimum atomic E-state index is -4.72. The lowest BCUT2D eigenvalue weighted by atomic mass is 10.2. The zero-order valence-electron chi connectivity index (χ0n) is 7.71. The first-order valence-electron chi connectivity index (χ1n) is 4.02. The molecule has 1 rings (SSSR count). The zero-order valence-corrected chi connectivity index (χ0v) is 7.71. The van der Waals surface area contributed by atoms with Gasteiger partial charge in [0.2, 0.25) is 0 Å². The number of carboxylic acid groups (broad SMARTS) is 1. The van der Waals surface area contributed by atoms with Gasteiger partial charge in [0.25, 0.3) is 0 Å². The minimum Gasteiger partial charge on any atom is -0.481 e. The molecule has 0 aliphatic rings. The van der Waals surface area contributed by atoms with Crippen LogP contribution in [0.25, 0.3) is 0 Å². The van der Waals surface area contributed by atoms with E-state index < -0.39 is 35.9 Å². The summed E-state index contributed by atoms with van der Waals surface area (Å²) in [5.74, 6) is -3.22. The molecular formula is C9H6F4O3. The molecule has 0 heterocycles. The summed E-state index contributed by atoms with van der Waals surface area (Å²) in [5, 5.41) is 8.24. The predicted octanol–water partition coefficient (Wildman–Crippen LogP) is 2.31. The molecule has 0 saturated carbocycles. The number of benzene rings is 1. The van der Waals surface area contributed by atoms with Crippen LogP contribution in [0.4, 0.5) is 17.6 Å². The first-order chi connectivity index (χ1) is 7.30. The molecule has 1 N–H and O–H groups in total. The van der Waals surface area contributed by atoms with Crippen LogP contribution in [0.1, 0.15) is 5.56 Å². The maximum Gasteiger partial charge on any atom is 0.419 e. The smallest absolute Gasteiger partial charge is 0.419 e. The number of carboxylic acids is 1. The standard InChI is InChI=1S/C9H6F4O3/c10-5-1-2-6(9(11,12)13)7(3-5)16-4-8(14)15/h1-3H,4H2,(H,14,15). The van der Waals surface area contributed by atoms with Crippen LogP contribution >= 0.6 is 0 Å². The second kappa shape index (κ2) is 4.38. The van der Waals surface area contributed by atoms with Crippen molar-refractivity contribution in [3.63, 3.8) is 0 Å². The number of rotatable bonds is 3. The molecule has 16 heavy (non-hydrogen) atoms. The molecule has 1 aromatic carbocycles. The Hall–Kier alpha value is -1.79. The van der Waals surface area contributed by atoms with Gasteiger partial charge in [-0.1, -0.05) is 0 Å². The Bertz CT molecular complexity index is 400. The van der Waals surface area contributed by atoms with Crippen LogP contribution in [0, 0.1) is 5.82 Å². The summed E-state index contributed by atoms with van der Waals surface area (Å²) in [6.07, 6.45) is -4.72. The molecule has 0 saturated heterocycles. The Morgan fingerprint density at radius 1 is 1.38 bits per heavy atom. The van der Waals surface area contributed by atoms with Crippen molar-refractivity contribution in [3.05, 3.63) is 29.6 Å². The third-order valence-corrected chi connectivity index (χ3v) is 1.60. The molecule has 0 spiro atoms. The van der Waals surface area contributed by atoms with Gasteiger partial charge in [0.05, 0.1) is 5.56 Å². The average molecular weight is 238 g/mol. The molecule has 0 aliphatic carbocycles. The molecule has 0 unspecified atom stereocenters. The number of carbonyl (C=O) groups is 1. The molecule has 3 nitrogen and oxygen atoms in total. The Morgan fingerprint density at radius 3 is 2.50 bits per heavy atom. The average Bonchev–Trinajstić information content (AvgIpc) is 2.12. The molecule has 0 amide bonds.